The van der Waals surface area contributed by atoms with Crippen molar-refractivity contribution < 1.29 is 23.8 Å². The molecule has 0 aliphatic rings. The molecule has 29 heavy (non-hydrogen) atoms. The summed E-state index contributed by atoms with van der Waals surface area (Å²) >= 11 is 0. The summed E-state index contributed by atoms with van der Waals surface area (Å²) in [7, 11) is 1.59. The number of ether oxygens (including phenoxy) is 3. The Morgan fingerprint density at radius 2 is 1.59 bits per heavy atom. The quantitative estimate of drug-likeness (QED) is 0.190. The van der Waals surface area contributed by atoms with Gasteiger partial charge in [-0.05, 0) is 42.0 Å². The van der Waals surface area contributed by atoms with Gasteiger partial charge in [-0.2, -0.15) is 0 Å². The van der Waals surface area contributed by atoms with Crippen molar-refractivity contribution in [2.24, 2.45) is 11.8 Å². The van der Waals surface area contributed by atoms with Crippen molar-refractivity contribution in [3.8, 4) is 5.75 Å². The summed E-state index contributed by atoms with van der Waals surface area (Å²) in [6.07, 6.45) is 6.56. The number of unbranched alkanes of at least 4 members (excludes halogenated alkanes) is 1. The van der Waals surface area contributed by atoms with Crippen LogP contribution in [0, 0.1) is 11.8 Å². The topological polar surface area (TPSA) is 61.8 Å². The fourth-order valence-electron chi connectivity index (χ4n) is 2.65. The lowest BCUT2D eigenvalue weighted by molar-refractivity contribution is -0.148. The first-order valence-corrected chi connectivity index (χ1v) is 10.6. The van der Waals surface area contributed by atoms with Crippen LogP contribution in [0.5, 0.6) is 5.75 Å². The molecule has 0 fully saturated rings. The molecule has 1 rings (SSSR count). The molecule has 0 aliphatic carbocycles. The van der Waals surface area contributed by atoms with Crippen molar-refractivity contribution in [2.45, 2.75) is 59.8 Å². The van der Waals surface area contributed by atoms with Crippen LogP contribution in [0.25, 0.3) is 6.08 Å². The lowest BCUT2D eigenvalue weighted by Crippen LogP contribution is -2.22. The number of methoxy groups -OCH3 is 1. The summed E-state index contributed by atoms with van der Waals surface area (Å²) in [6, 6.07) is 7.11. The van der Waals surface area contributed by atoms with E-state index in [1.807, 2.05) is 13.8 Å². The second kappa shape index (κ2) is 13.8. The van der Waals surface area contributed by atoms with Gasteiger partial charge in [0, 0.05) is 0 Å². The van der Waals surface area contributed by atoms with Gasteiger partial charge in [-0.3, -0.25) is 0 Å². The molecular weight excluding hydrogens is 368 g/mol. The van der Waals surface area contributed by atoms with Crippen LogP contribution in [-0.2, 0) is 19.1 Å². The Kier molecular flexibility index (Phi) is 11.8. The van der Waals surface area contributed by atoms with Gasteiger partial charge in [0.15, 0.2) is 0 Å². The number of hydrogen-bond donors (Lipinski definition) is 0. The normalized spacial score (nSPS) is 13.5. The highest BCUT2D eigenvalue weighted by Crippen LogP contribution is 2.18. The SMILES string of the molecule is CCCCC(CC)COC(=O)/C(=C/c1ccc(OC)cc1)C(=O)OCC(C)CC. The lowest BCUT2D eigenvalue weighted by Gasteiger charge is -2.16. The van der Waals surface area contributed by atoms with Gasteiger partial charge in [0.05, 0.1) is 20.3 Å². The third-order valence-electron chi connectivity index (χ3n) is 5.06. The molecule has 0 saturated heterocycles. The Morgan fingerprint density at radius 3 is 2.10 bits per heavy atom. The van der Waals surface area contributed by atoms with Crippen molar-refractivity contribution >= 4 is 18.0 Å². The number of hydrogen-bond acceptors (Lipinski definition) is 5. The summed E-state index contributed by atoms with van der Waals surface area (Å²) in [5, 5.41) is 0. The van der Waals surface area contributed by atoms with E-state index in [-0.39, 0.29) is 18.1 Å². The van der Waals surface area contributed by atoms with E-state index in [0.29, 0.717) is 23.8 Å². The summed E-state index contributed by atoms with van der Waals surface area (Å²) in [6.45, 7) is 8.84. The summed E-state index contributed by atoms with van der Waals surface area (Å²) in [5.41, 5.74) is 0.625. The minimum Gasteiger partial charge on any atom is -0.497 e. The molecule has 1 aromatic carbocycles. The van der Waals surface area contributed by atoms with Crippen LogP contribution in [-0.4, -0.2) is 32.3 Å². The molecule has 0 heterocycles. The zero-order valence-corrected chi connectivity index (χ0v) is 18.5. The predicted octanol–water partition coefficient (Wildman–Crippen LogP) is 5.43. The van der Waals surface area contributed by atoms with E-state index in [1.165, 1.54) is 6.08 Å². The zero-order chi connectivity index (χ0) is 21.6. The lowest BCUT2D eigenvalue weighted by atomic mass is 10.0. The highest BCUT2D eigenvalue weighted by Gasteiger charge is 2.23. The highest BCUT2D eigenvalue weighted by molar-refractivity contribution is 6.17. The summed E-state index contributed by atoms with van der Waals surface area (Å²) in [4.78, 5) is 25.3. The van der Waals surface area contributed by atoms with E-state index in [0.717, 1.165) is 32.1 Å². The highest BCUT2D eigenvalue weighted by atomic mass is 16.6. The Bertz CT molecular complexity index is 648. The van der Waals surface area contributed by atoms with Crippen LogP contribution < -0.4 is 4.74 Å². The van der Waals surface area contributed by atoms with Gasteiger partial charge in [-0.25, -0.2) is 9.59 Å². The van der Waals surface area contributed by atoms with Gasteiger partial charge in [-0.15, -0.1) is 0 Å². The van der Waals surface area contributed by atoms with Crippen molar-refractivity contribution in [2.75, 3.05) is 20.3 Å². The number of benzene rings is 1. The molecule has 5 heteroatoms. The second-order valence-electron chi connectivity index (χ2n) is 7.46. The van der Waals surface area contributed by atoms with Gasteiger partial charge in [0.1, 0.15) is 11.3 Å². The minimum atomic E-state index is -0.646. The maximum absolute atomic E-state index is 12.7. The number of carbonyl (C=O) groups is 2. The van der Waals surface area contributed by atoms with Crippen LogP contribution in [0.3, 0.4) is 0 Å². The Hall–Kier alpha value is -2.30. The third-order valence-corrected chi connectivity index (χ3v) is 5.06. The summed E-state index contributed by atoms with van der Waals surface area (Å²) in [5.74, 6) is -0.0435. The maximum Gasteiger partial charge on any atom is 0.345 e. The second-order valence-corrected chi connectivity index (χ2v) is 7.46. The minimum absolute atomic E-state index is 0.0798. The molecule has 2 unspecified atom stereocenters. The predicted molar refractivity (Wildman–Crippen MR) is 116 cm³/mol. The van der Waals surface area contributed by atoms with Gasteiger partial charge in [-0.1, -0.05) is 65.5 Å². The molecule has 0 amide bonds. The number of rotatable bonds is 13. The largest absolute Gasteiger partial charge is 0.497 e. The van der Waals surface area contributed by atoms with E-state index in [1.54, 1.807) is 31.4 Å². The molecule has 0 bridgehead atoms. The van der Waals surface area contributed by atoms with E-state index >= 15 is 0 Å². The molecule has 0 aromatic heterocycles. The monoisotopic (exact) mass is 404 g/mol. The van der Waals surface area contributed by atoms with Crippen LogP contribution in [0.2, 0.25) is 0 Å². The van der Waals surface area contributed by atoms with Crippen molar-refractivity contribution in [1.82, 2.24) is 0 Å². The molecule has 0 aliphatic heterocycles. The van der Waals surface area contributed by atoms with Gasteiger partial charge >= 0.3 is 11.9 Å². The zero-order valence-electron chi connectivity index (χ0n) is 18.5. The maximum atomic E-state index is 12.7. The van der Waals surface area contributed by atoms with Crippen molar-refractivity contribution in [3.63, 3.8) is 0 Å². The molecule has 2 atom stereocenters. The molecule has 162 valence electrons. The average Bonchev–Trinajstić information content (AvgIpc) is 2.75. The standard InChI is InChI=1S/C24H36O5/c1-6-9-10-19(8-3)17-29-24(26)22(23(25)28-16-18(4)7-2)15-20-11-13-21(27-5)14-12-20/h11-15,18-19H,6-10,16-17H2,1-5H3/b22-15+. The molecule has 0 spiro atoms. The van der Waals surface area contributed by atoms with Crippen molar-refractivity contribution in [3.05, 3.63) is 35.4 Å². The van der Waals surface area contributed by atoms with E-state index < -0.39 is 11.9 Å². The molecule has 0 radical (unpaired) electrons. The van der Waals surface area contributed by atoms with Crippen molar-refractivity contribution in [1.29, 1.82) is 0 Å². The molecule has 1 aromatic rings. The Morgan fingerprint density at radius 1 is 0.966 bits per heavy atom. The van der Waals surface area contributed by atoms with Crippen LogP contribution in [0.15, 0.2) is 29.8 Å². The van der Waals surface area contributed by atoms with Gasteiger partial charge < -0.3 is 14.2 Å². The fourth-order valence-corrected chi connectivity index (χ4v) is 2.65. The van der Waals surface area contributed by atoms with Gasteiger partial charge in [0.25, 0.3) is 0 Å². The summed E-state index contributed by atoms with van der Waals surface area (Å²) < 4.78 is 16.0. The third kappa shape index (κ3) is 9.16. The number of carbonyl (C=O) groups excluding carboxylic acids is 2. The van der Waals surface area contributed by atoms with Crippen LogP contribution in [0.4, 0.5) is 0 Å². The molecule has 0 saturated carbocycles. The fraction of sp³-hybridized carbons (Fsp3) is 0.583. The Balaban J connectivity index is 2.94. The number of esters is 2. The molecule has 5 nitrogen and oxygen atoms in total. The van der Waals surface area contributed by atoms with Crippen LogP contribution >= 0.6 is 0 Å². The van der Waals surface area contributed by atoms with Gasteiger partial charge in [0.2, 0.25) is 0 Å². The first-order valence-electron chi connectivity index (χ1n) is 10.6. The van der Waals surface area contributed by atoms with E-state index in [4.69, 9.17) is 14.2 Å². The smallest absolute Gasteiger partial charge is 0.345 e. The first kappa shape index (κ1) is 24.7. The molecule has 0 N–H and O–H groups in total. The average molecular weight is 405 g/mol. The Labute approximate surface area is 175 Å². The van der Waals surface area contributed by atoms with Crippen LogP contribution in [0.1, 0.15) is 65.4 Å². The van der Waals surface area contributed by atoms with E-state index in [2.05, 4.69) is 13.8 Å². The first-order chi connectivity index (χ1) is 13.9. The molecular formula is C24H36O5. The van der Waals surface area contributed by atoms with E-state index in [9.17, 15) is 9.59 Å².